The predicted octanol–water partition coefficient (Wildman–Crippen LogP) is 2.96. The molecule has 0 aliphatic rings. The van der Waals surface area contributed by atoms with Crippen LogP contribution in [-0.4, -0.2) is 28.8 Å². The Morgan fingerprint density at radius 3 is 2.29 bits per heavy atom. The standard InChI is InChI=1S/C11H9F4IN2O3/c1-10(8(19)20,11(13,14)15)18-9(21)17-7-3-2-5(12)4-6(7)16/h2-4H,1H3,(H,19,20)(H2,17,18,21). The van der Waals surface area contributed by atoms with Crippen LogP contribution in [0.25, 0.3) is 0 Å². The van der Waals surface area contributed by atoms with Crippen LogP contribution in [0.15, 0.2) is 18.2 Å². The van der Waals surface area contributed by atoms with Crippen LogP contribution in [0.4, 0.5) is 28.0 Å². The van der Waals surface area contributed by atoms with E-state index in [4.69, 9.17) is 5.11 Å². The molecule has 0 saturated carbocycles. The van der Waals surface area contributed by atoms with Gasteiger partial charge in [-0.2, -0.15) is 13.2 Å². The van der Waals surface area contributed by atoms with Crippen LogP contribution in [-0.2, 0) is 4.79 Å². The number of alkyl halides is 3. The van der Waals surface area contributed by atoms with E-state index in [2.05, 4.69) is 0 Å². The highest BCUT2D eigenvalue weighted by Gasteiger charge is 2.58. The van der Waals surface area contributed by atoms with Crippen molar-refractivity contribution in [3.8, 4) is 0 Å². The second-order valence-electron chi connectivity index (χ2n) is 4.13. The van der Waals surface area contributed by atoms with Gasteiger partial charge in [-0.25, -0.2) is 14.0 Å². The van der Waals surface area contributed by atoms with Gasteiger partial charge in [-0.3, -0.25) is 0 Å². The monoisotopic (exact) mass is 420 g/mol. The van der Waals surface area contributed by atoms with Gasteiger partial charge in [-0.15, -0.1) is 0 Å². The summed E-state index contributed by atoms with van der Waals surface area (Å²) >= 11 is 1.67. The van der Waals surface area contributed by atoms with Crippen LogP contribution in [0.3, 0.4) is 0 Å². The van der Waals surface area contributed by atoms with Gasteiger partial charge in [0.1, 0.15) is 5.82 Å². The molecule has 0 aromatic heterocycles. The highest BCUT2D eigenvalue weighted by Crippen LogP contribution is 2.30. The third kappa shape index (κ3) is 3.95. The number of aliphatic carboxylic acids is 1. The van der Waals surface area contributed by atoms with E-state index >= 15 is 0 Å². The summed E-state index contributed by atoms with van der Waals surface area (Å²) in [6.07, 6.45) is -5.19. The number of hydrogen-bond donors (Lipinski definition) is 3. The minimum absolute atomic E-state index is 0.0458. The van der Waals surface area contributed by atoms with E-state index in [1.807, 2.05) is 5.32 Å². The molecule has 116 valence electrons. The lowest BCUT2D eigenvalue weighted by Crippen LogP contribution is -2.62. The zero-order valence-corrected chi connectivity index (χ0v) is 12.5. The van der Waals surface area contributed by atoms with Crippen molar-refractivity contribution in [1.29, 1.82) is 0 Å². The minimum Gasteiger partial charge on any atom is -0.479 e. The smallest absolute Gasteiger partial charge is 0.422 e. The largest absolute Gasteiger partial charge is 0.479 e. The second kappa shape index (κ2) is 6.03. The Bertz CT molecular complexity index is 579. The fraction of sp³-hybridized carbons (Fsp3) is 0.273. The number of carboxylic acid groups (broad SMARTS) is 1. The maximum absolute atomic E-state index is 12.9. The molecule has 0 fully saturated rings. The Labute approximate surface area is 129 Å². The van der Waals surface area contributed by atoms with Crippen molar-refractivity contribution in [3.63, 3.8) is 0 Å². The molecule has 1 aromatic carbocycles. The van der Waals surface area contributed by atoms with Crippen LogP contribution in [0.5, 0.6) is 0 Å². The van der Waals surface area contributed by atoms with Gasteiger partial charge >= 0.3 is 18.2 Å². The maximum Gasteiger partial charge on any atom is 0.422 e. The van der Waals surface area contributed by atoms with Crippen LogP contribution in [0, 0.1) is 9.39 Å². The Kier molecular flexibility index (Phi) is 5.02. The highest BCUT2D eigenvalue weighted by molar-refractivity contribution is 14.1. The van der Waals surface area contributed by atoms with E-state index in [9.17, 15) is 27.2 Å². The van der Waals surface area contributed by atoms with Gasteiger partial charge in [-0.1, -0.05) is 0 Å². The van der Waals surface area contributed by atoms with E-state index in [0.29, 0.717) is 6.92 Å². The fourth-order valence-electron chi connectivity index (χ4n) is 1.22. The summed E-state index contributed by atoms with van der Waals surface area (Å²) in [6.45, 7) is 0.324. The first-order chi connectivity index (χ1) is 9.47. The summed E-state index contributed by atoms with van der Waals surface area (Å²) < 4.78 is 51.2. The number of benzene rings is 1. The van der Waals surface area contributed by atoms with Gasteiger partial charge in [0.25, 0.3) is 0 Å². The maximum atomic E-state index is 12.9. The Balaban J connectivity index is 2.92. The van der Waals surface area contributed by atoms with Crippen molar-refractivity contribution in [2.45, 2.75) is 18.6 Å². The number of carbonyl (C=O) groups is 2. The summed E-state index contributed by atoms with van der Waals surface area (Å²) in [4.78, 5) is 22.3. The summed E-state index contributed by atoms with van der Waals surface area (Å²) in [5.41, 5.74) is -3.40. The lowest BCUT2D eigenvalue weighted by molar-refractivity contribution is -0.203. The van der Waals surface area contributed by atoms with Crippen molar-refractivity contribution in [3.05, 3.63) is 27.6 Å². The van der Waals surface area contributed by atoms with E-state index in [0.717, 1.165) is 18.2 Å². The average molecular weight is 420 g/mol. The minimum atomic E-state index is -5.19. The number of hydrogen-bond acceptors (Lipinski definition) is 2. The van der Waals surface area contributed by atoms with Gasteiger partial charge in [0, 0.05) is 3.57 Å². The van der Waals surface area contributed by atoms with Crippen LogP contribution in [0.2, 0.25) is 0 Å². The van der Waals surface area contributed by atoms with Gasteiger partial charge < -0.3 is 15.7 Å². The quantitative estimate of drug-likeness (QED) is 0.520. The van der Waals surface area contributed by atoms with Crippen molar-refractivity contribution < 1.29 is 32.3 Å². The van der Waals surface area contributed by atoms with Crippen molar-refractivity contribution in [1.82, 2.24) is 5.32 Å². The molecule has 10 heteroatoms. The Morgan fingerprint density at radius 1 is 1.29 bits per heavy atom. The molecule has 0 aliphatic carbocycles. The fourth-order valence-corrected chi connectivity index (χ4v) is 1.83. The van der Waals surface area contributed by atoms with Crippen LogP contribution in [0.1, 0.15) is 6.92 Å². The van der Waals surface area contributed by atoms with E-state index in [1.165, 1.54) is 5.32 Å². The van der Waals surface area contributed by atoms with Gasteiger partial charge in [0.05, 0.1) is 5.69 Å². The number of carboxylic acids is 1. The Morgan fingerprint density at radius 2 is 1.86 bits per heavy atom. The predicted molar refractivity (Wildman–Crippen MR) is 73.4 cm³/mol. The number of urea groups is 1. The van der Waals surface area contributed by atoms with E-state index < -0.39 is 29.5 Å². The molecule has 2 amide bonds. The number of halogens is 5. The summed E-state index contributed by atoms with van der Waals surface area (Å²) in [5, 5.41) is 12.0. The summed E-state index contributed by atoms with van der Waals surface area (Å²) in [7, 11) is 0. The molecule has 21 heavy (non-hydrogen) atoms. The first kappa shape index (κ1) is 17.5. The zero-order valence-electron chi connectivity index (χ0n) is 10.4. The van der Waals surface area contributed by atoms with Gasteiger partial charge in [0.2, 0.25) is 5.54 Å². The second-order valence-corrected chi connectivity index (χ2v) is 5.29. The average Bonchev–Trinajstić information content (AvgIpc) is 2.31. The SMILES string of the molecule is CC(NC(=O)Nc1ccc(F)cc1I)(C(=O)O)C(F)(F)F. The summed E-state index contributed by atoms with van der Waals surface area (Å²) in [5.74, 6) is -2.84. The molecule has 0 bridgehead atoms. The first-order valence-electron chi connectivity index (χ1n) is 5.31. The molecule has 1 aromatic rings. The Hall–Kier alpha value is -1.59. The molecular weight excluding hydrogens is 411 g/mol. The molecule has 5 nitrogen and oxygen atoms in total. The molecule has 0 radical (unpaired) electrons. The third-order valence-electron chi connectivity index (χ3n) is 2.54. The molecule has 3 N–H and O–H groups in total. The molecule has 0 aliphatic heterocycles. The van der Waals surface area contributed by atoms with E-state index in [1.54, 1.807) is 22.6 Å². The van der Waals surface area contributed by atoms with Gasteiger partial charge in [0.15, 0.2) is 0 Å². The summed E-state index contributed by atoms with van der Waals surface area (Å²) in [6, 6.07) is 1.82. The van der Waals surface area contributed by atoms with E-state index in [-0.39, 0.29) is 9.26 Å². The molecular formula is C11H9F4IN2O3. The topological polar surface area (TPSA) is 78.4 Å². The molecule has 0 heterocycles. The normalized spacial score (nSPS) is 14.2. The van der Waals surface area contributed by atoms with Crippen LogP contribution < -0.4 is 10.6 Å². The number of rotatable bonds is 3. The lowest BCUT2D eigenvalue weighted by atomic mass is 10.0. The zero-order chi connectivity index (χ0) is 16.4. The van der Waals surface area contributed by atoms with Crippen LogP contribution >= 0.6 is 22.6 Å². The first-order valence-corrected chi connectivity index (χ1v) is 6.39. The lowest BCUT2D eigenvalue weighted by Gasteiger charge is -2.28. The molecule has 1 unspecified atom stereocenters. The van der Waals surface area contributed by atoms with Crippen molar-refractivity contribution in [2.24, 2.45) is 0 Å². The highest BCUT2D eigenvalue weighted by atomic mass is 127. The van der Waals surface area contributed by atoms with Crippen molar-refractivity contribution in [2.75, 3.05) is 5.32 Å². The van der Waals surface area contributed by atoms with Crippen molar-refractivity contribution >= 4 is 40.3 Å². The number of anilines is 1. The van der Waals surface area contributed by atoms with Gasteiger partial charge in [-0.05, 0) is 47.7 Å². The molecule has 1 atom stereocenters. The number of carbonyl (C=O) groups excluding carboxylic acids is 1. The molecule has 0 spiro atoms. The molecule has 0 saturated heterocycles. The number of nitrogens with one attached hydrogen (secondary N) is 2. The molecule has 1 rings (SSSR count). The number of amides is 2. The third-order valence-corrected chi connectivity index (χ3v) is 3.43.